The fraction of sp³-hybridized carbons (Fsp3) is 0.222. The third kappa shape index (κ3) is 2.25. The molecule has 4 rings (SSSR count). The minimum absolute atomic E-state index is 0.271. The number of hydrogen-bond donors (Lipinski definition) is 2. The van der Waals surface area contributed by atoms with Gasteiger partial charge in [0.15, 0.2) is 0 Å². The Hall–Kier alpha value is -2.42. The lowest BCUT2D eigenvalue weighted by atomic mass is 10.0. The van der Waals surface area contributed by atoms with Crippen molar-refractivity contribution in [3.05, 3.63) is 59.8 Å². The summed E-state index contributed by atoms with van der Waals surface area (Å²) in [4.78, 5) is 3.22. The summed E-state index contributed by atoms with van der Waals surface area (Å²) in [7, 11) is 0. The molecule has 0 bridgehead atoms. The Morgan fingerprint density at radius 1 is 1.14 bits per heavy atom. The highest BCUT2D eigenvalue weighted by Gasteiger charge is 2.14. The molecular weight excluding hydrogens is 260 g/mol. The van der Waals surface area contributed by atoms with Gasteiger partial charge in [0, 0.05) is 35.2 Å². The topological polar surface area (TPSA) is 37.0 Å². The third-order valence-electron chi connectivity index (χ3n) is 4.15. The van der Waals surface area contributed by atoms with Gasteiger partial charge in [-0.2, -0.15) is 0 Å². The molecule has 1 aromatic heterocycles. The van der Waals surface area contributed by atoms with Crippen molar-refractivity contribution in [2.75, 3.05) is 11.9 Å². The number of nitrogens with one attached hydrogen (secondary N) is 2. The first-order valence-corrected chi connectivity index (χ1v) is 7.39. The number of H-pyrrole nitrogens is 1. The van der Waals surface area contributed by atoms with Crippen molar-refractivity contribution in [3.8, 4) is 5.75 Å². The van der Waals surface area contributed by atoms with E-state index in [1.54, 1.807) is 0 Å². The van der Waals surface area contributed by atoms with Crippen LogP contribution in [0.1, 0.15) is 24.1 Å². The van der Waals surface area contributed by atoms with Gasteiger partial charge in [0.1, 0.15) is 5.75 Å². The Morgan fingerprint density at radius 3 is 3.05 bits per heavy atom. The van der Waals surface area contributed by atoms with E-state index in [1.807, 2.05) is 6.20 Å². The van der Waals surface area contributed by atoms with E-state index in [2.05, 4.69) is 59.7 Å². The Labute approximate surface area is 123 Å². The smallest absolute Gasteiger partial charge is 0.122 e. The first-order chi connectivity index (χ1) is 10.3. The average Bonchev–Trinajstić information content (AvgIpc) is 3.14. The van der Waals surface area contributed by atoms with Gasteiger partial charge >= 0.3 is 0 Å². The minimum Gasteiger partial charge on any atom is -0.493 e. The van der Waals surface area contributed by atoms with Crippen LogP contribution in [0.15, 0.2) is 48.7 Å². The van der Waals surface area contributed by atoms with Crippen LogP contribution in [-0.2, 0) is 6.42 Å². The van der Waals surface area contributed by atoms with Gasteiger partial charge < -0.3 is 15.0 Å². The summed E-state index contributed by atoms with van der Waals surface area (Å²) >= 11 is 0. The van der Waals surface area contributed by atoms with Crippen LogP contribution in [0.4, 0.5) is 5.69 Å². The lowest BCUT2D eigenvalue weighted by Crippen LogP contribution is -2.06. The maximum atomic E-state index is 5.57. The first kappa shape index (κ1) is 12.3. The fourth-order valence-electron chi connectivity index (χ4n) is 2.95. The number of rotatable bonds is 3. The summed E-state index contributed by atoms with van der Waals surface area (Å²) in [5.74, 6) is 1.04. The van der Waals surface area contributed by atoms with Crippen LogP contribution in [-0.4, -0.2) is 11.6 Å². The quantitative estimate of drug-likeness (QED) is 0.750. The van der Waals surface area contributed by atoms with Gasteiger partial charge in [-0.3, -0.25) is 0 Å². The van der Waals surface area contributed by atoms with E-state index in [1.165, 1.54) is 22.0 Å². The molecule has 3 heteroatoms. The molecule has 0 saturated heterocycles. The summed E-state index contributed by atoms with van der Waals surface area (Å²) in [5, 5.41) is 4.81. The molecule has 0 radical (unpaired) electrons. The Morgan fingerprint density at radius 2 is 2.10 bits per heavy atom. The molecule has 1 unspecified atom stereocenters. The number of benzene rings is 2. The molecule has 0 saturated carbocycles. The molecule has 1 aliphatic heterocycles. The average molecular weight is 278 g/mol. The van der Waals surface area contributed by atoms with Gasteiger partial charge in [-0.25, -0.2) is 0 Å². The van der Waals surface area contributed by atoms with Crippen molar-refractivity contribution >= 4 is 16.6 Å². The second kappa shape index (κ2) is 4.85. The SMILES string of the molecule is CC(Nc1ccc2[nH]ccc2c1)c1ccc2c(c1)CCO2. The largest absolute Gasteiger partial charge is 0.493 e. The summed E-state index contributed by atoms with van der Waals surface area (Å²) < 4.78 is 5.57. The Bertz CT molecular complexity index is 791. The number of anilines is 1. The van der Waals surface area contributed by atoms with Crippen molar-refractivity contribution in [2.24, 2.45) is 0 Å². The highest BCUT2D eigenvalue weighted by molar-refractivity contribution is 5.83. The third-order valence-corrected chi connectivity index (χ3v) is 4.15. The number of fused-ring (bicyclic) bond motifs is 2. The van der Waals surface area contributed by atoms with E-state index < -0.39 is 0 Å². The van der Waals surface area contributed by atoms with Gasteiger partial charge in [-0.05, 0) is 54.4 Å². The molecular formula is C18H18N2O. The summed E-state index contributed by atoms with van der Waals surface area (Å²) in [6.07, 6.45) is 2.99. The van der Waals surface area contributed by atoms with Gasteiger partial charge in [-0.1, -0.05) is 6.07 Å². The molecule has 2 aromatic carbocycles. The van der Waals surface area contributed by atoms with Crippen molar-refractivity contribution in [1.82, 2.24) is 4.98 Å². The lowest BCUT2D eigenvalue weighted by Gasteiger charge is -2.16. The maximum absolute atomic E-state index is 5.57. The molecule has 0 amide bonds. The van der Waals surface area contributed by atoms with Crippen LogP contribution < -0.4 is 10.1 Å². The zero-order valence-electron chi connectivity index (χ0n) is 12.0. The van der Waals surface area contributed by atoms with E-state index in [0.29, 0.717) is 0 Å². The highest BCUT2D eigenvalue weighted by atomic mass is 16.5. The molecule has 1 aliphatic rings. The number of ether oxygens (including phenoxy) is 1. The van der Waals surface area contributed by atoms with Crippen molar-refractivity contribution in [2.45, 2.75) is 19.4 Å². The molecule has 2 N–H and O–H groups in total. The molecule has 0 spiro atoms. The van der Waals surface area contributed by atoms with Crippen molar-refractivity contribution in [1.29, 1.82) is 0 Å². The second-order valence-corrected chi connectivity index (χ2v) is 5.61. The summed E-state index contributed by atoms with van der Waals surface area (Å²) in [6, 6.07) is 15.3. The van der Waals surface area contributed by atoms with Crippen molar-refractivity contribution in [3.63, 3.8) is 0 Å². The fourth-order valence-corrected chi connectivity index (χ4v) is 2.95. The highest BCUT2D eigenvalue weighted by Crippen LogP contribution is 2.29. The van der Waals surface area contributed by atoms with Crippen LogP contribution in [0.25, 0.3) is 10.9 Å². The van der Waals surface area contributed by atoms with E-state index >= 15 is 0 Å². The van der Waals surface area contributed by atoms with E-state index in [-0.39, 0.29) is 6.04 Å². The van der Waals surface area contributed by atoms with Gasteiger partial charge in [0.25, 0.3) is 0 Å². The minimum atomic E-state index is 0.271. The molecule has 1 atom stereocenters. The number of aromatic nitrogens is 1. The number of hydrogen-bond acceptors (Lipinski definition) is 2. The molecule has 3 nitrogen and oxygen atoms in total. The van der Waals surface area contributed by atoms with Crippen molar-refractivity contribution < 1.29 is 4.74 Å². The van der Waals surface area contributed by atoms with Gasteiger partial charge in [0.2, 0.25) is 0 Å². The van der Waals surface area contributed by atoms with Crippen LogP contribution in [0.3, 0.4) is 0 Å². The Kier molecular flexibility index (Phi) is 2.85. The van der Waals surface area contributed by atoms with Crippen LogP contribution >= 0.6 is 0 Å². The zero-order valence-corrected chi connectivity index (χ0v) is 12.0. The molecule has 106 valence electrons. The van der Waals surface area contributed by atoms with E-state index in [4.69, 9.17) is 4.74 Å². The van der Waals surface area contributed by atoms with E-state index in [0.717, 1.165) is 24.5 Å². The Balaban J connectivity index is 1.58. The first-order valence-electron chi connectivity index (χ1n) is 7.39. The van der Waals surface area contributed by atoms with Crippen LogP contribution in [0.2, 0.25) is 0 Å². The predicted octanol–water partition coefficient (Wildman–Crippen LogP) is 4.28. The molecule has 3 aromatic rings. The zero-order chi connectivity index (χ0) is 14.2. The van der Waals surface area contributed by atoms with Gasteiger partial charge in [0.05, 0.1) is 6.61 Å². The monoisotopic (exact) mass is 278 g/mol. The second-order valence-electron chi connectivity index (χ2n) is 5.61. The maximum Gasteiger partial charge on any atom is 0.122 e. The number of aromatic amines is 1. The van der Waals surface area contributed by atoms with E-state index in [9.17, 15) is 0 Å². The standard InChI is InChI=1S/C18H18N2O/c1-12(13-2-5-18-15(10-13)7-9-21-18)20-16-3-4-17-14(11-16)6-8-19-17/h2-6,8,10-12,19-20H,7,9H2,1H3. The molecule has 2 heterocycles. The normalized spacial score (nSPS) is 14.7. The van der Waals surface area contributed by atoms with Gasteiger partial charge in [-0.15, -0.1) is 0 Å². The molecule has 21 heavy (non-hydrogen) atoms. The molecule has 0 fully saturated rings. The summed E-state index contributed by atoms with van der Waals surface area (Å²) in [5.41, 5.74) is 4.94. The molecule has 0 aliphatic carbocycles. The summed E-state index contributed by atoms with van der Waals surface area (Å²) in [6.45, 7) is 3.00. The van der Waals surface area contributed by atoms with Crippen LogP contribution in [0, 0.1) is 0 Å². The predicted molar refractivity (Wildman–Crippen MR) is 86.0 cm³/mol. The van der Waals surface area contributed by atoms with Crippen LogP contribution in [0.5, 0.6) is 5.75 Å². The lowest BCUT2D eigenvalue weighted by molar-refractivity contribution is 0.357.